The first-order valence-electron chi connectivity index (χ1n) is 4.21. The van der Waals surface area contributed by atoms with E-state index in [-0.39, 0.29) is 0 Å². The van der Waals surface area contributed by atoms with Gasteiger partial charge in [0.2, 0.25) is 0 Å². The van der Waals surface area contributed by atoms with Crippen LogP contribution in [0.4, 0.5) is 0 Å². The van der Waals surface area contributed by atoms with Gasteiger partial charge in [-0.05, 0) is 6.42 Å². The zero-order valence-electron chi connectivity index (χ0n) is 8.84. The van der Waals surface area contributed by atoms with Crippen molar-refractivity contribution in [3.05, 3.63) is 12.7 Å². The molecule has 0 atom stereocenters. The maximum Gasteiger partial charge on any atom is 0.0858 e. The zero-order chi connectivity index (χ0) is 10.0. The van der Waals surface area contributed by atoms with E-state index in [4.69, 9.17) is 0 Å². The molecule has 0 aromatic heterocycles. The third-order valence-corrected chi connectivity index (χ3v) is 1.11. The van der Waals surface area contributed by atoms with Crippen molar-refractivity contribution in [2.45, 2.75) is 13.3 Å². The Morgan fingerprint density at radius 3 is 1.92 bits per heavy atom. The maximum absolute atomic E-state index is 4.57. The summed E-state index contributed by atoms with van der Waals surface area (Å²) in [5, 5.41) is 0. The lowest BCUT2D eigenvalue weighted by Gasteiger charge is -2.22. The molecule has 0 bridgehead atoms. The highest BCUT2D eigenvalue weighted by atomic mass is 16.6. The standard InChI is InChI=1S/C6H16N.C3H7NO/c1-5-6-7(2,3)4;1-2-3-5-4/h5-6H2,1-4H3;2H,1,3-4H2/q+1;. The highest BCUT2D eigenvalue weighted by Gasteiger charge is 2.01. The quantitative estimate of drug-likeness (QED) is 0.395. The van der Waals surface area contributed by atoms with Crippen LogP contribution in [0.15, 0.2) is 12.7 Å². The van der Waals surface area contributed by atoms with Gasteiger partial charge >= 0.3 is 0 Å². The third-order valence-electron chi connectivity index (χ3n) is 1.11. The summed E-state index contributed by atoms with van der Waals surface area (Å²) in [5.41, 5.74) is 0. The highest BCUT2D eigenvalue weighted by molar-refractivity contribution is 4.62. The Bertz CT molecular complexity index is 97.2. The van der Waals surface area contributed by atoms with E-state index in [0.29, 0.717) is 6.61 Å². The van der Waals surface area contributed by atoms with Crippen molar-refractivity contribution in [3.8, 4) is 0 Å². The molecule has 0 spiro atoms. The fraction of sp³-hybridized carbons (Fsp3) is 0.778. The Labute approximate surface area is 76.4 Å². The average molecular weight is 175 g/mol. The minimum Gasteiger partial charge on any atom is -0.331 e. The lowest BCUT2D eigenvalue weighted by Crippen LogP contribution is -2.34. The van der Waals surface area contributed by atoms with Crippen LogP contribution in [0.2, 0.25) is 0 Å². The zero-order valence-corrected chi connectivity index (χ0v) is 8.84. The van der Waals surface area contributed by atoms with Gasteiger partial charge in [-0.25, -0.2) is 5.90 Å². The minimum absolute atomic E-state index is 0.431. The molecule has 0 saturated heterocycles. The summed E-state index contributed by atoms with van der Waals surface area (Å²) >= 11 is 0. The predicted molar refractivity (Wildman–Crippen MR) is 53.5 cm³/mol. The lowest BCUT2D eigenvalue weighted by molar-refractivity contribution is -0.870. The highest BCUT2D eigenvalue weighted by Crippen LogP contribution is 1.90. The van der Waals surface area contributed by atoms with Gasteiger partial charge in [0.25, 0.3) is 0 Å². The Morgan fingerprint density at radius 1 is 1.42 bits per heavy atom. The van der Waals surface area contributed by atoms with Crippen molar-refractivity contribution in [3.63, 3.8) is 0 Å². The molecule has 74 valence electrons. The molecule has 0 aliphatic heterocycles. The number of nitrogens with zero attached hydrogens (tertiary/aromatic N) is 1. The second kappa shape index (κ2) is 8.71. The van der Waals surface area contributed by atoms with E-state index in [1.54, 1.807) is 6.08 Å². The van der Waals surface area contributed by atoms with E-state index >= 15 is 0 Å². The Balaban J connectivity index is 0. The van der Waals surface area contributed by atoms with Crippen LogP contribution in [0.3, 0.4) is 0 Å². The first kappa shape index (κ1) is 14.2. The molecule has 0 radical (unpaired) electrons. The maximum atomic E-state index is 4.57. The topological polar surface area (TPSA) is 35.2 Å². The van der Waals surface area contributed by atoms with Gasteiger partial charge in [-0.15, -0.1) is 6.58 Å². The van der Waals surface area contributed by atoms with Crippen molar-refractivity contribution >= 4 is 0 Å². The summed E-state index contributed by atoms with van der Waals surface area (Å²) in [5.74, 6) is 4.57. The Hall–Kier alpha value is -0.380. The summed E-state index contributed by atoms with van der Waals surface area (Å²) in [7, 11) is 6.64. The van der Waals surface area contributed by atoms with Gasteiger partial charge in [0.05, 0.1) is 34.3 Å². The van der Waals surface area contributed by atoms with Crippen LogP contribution in [0.5, 0.6) is 0 Å². The first-order chi connectivity index (χ1) is 5.47. The van der Waals surface area contributed by atoms with Gasteiger partial charge in [0, 0.05) is 0 Å². The largest absolute Gasteiger partial charge is 0.331 e. The minimum atomic E-state index is 0.431. The van der Waals surface area contributed by atoms with E-state index in [0.717, 1.165) is 4.48 Å². The molecule has 3 nitrogen and oxygen atoms in total. The monoisotopic (exact) mass is 175 g/mol. The van der Waals surface area contributed by atoms with Crippen LogP contribution in [0, 0.1) is 0 Å². The van der Waals surface area contributed by atoms with E-state index < -0.39 is 0 Å². The molecule has 0 heterocycles. The molecule has 0 aromatic carbocycles. The van der Waals surface area contributed by atoms with E-state index in [1.165, 1.54) is 13.0 Å². The molecule has 0 rings (SSSR count). The average Bonchev–Trinajstić information content (AvgIpc) is 1.87. The first-order valence-corrected chi connectivity index (χ1v) is 4.21. The summed E-state index contributed by atoms with van der Waals surface area (Å²) in [6.07, 6.45) is 2.86. The van der Waals surface area contributed by atoms with Gasteiger partial charge in [0.15, 0.2) is 0 Å². The molecule has 0 aliphatic carbocycles. The number of hydrogen-bond donors (Lipinski definition) is 1. The number of rotatable bonds is 4. The number of quaternary nitrogens is 1. The number of hydrogen-bond acceptors (Lipinski definition) is 2. The molecular formula is C9H23N2O+. The van der Waals surface area contributed by atoms with Crippen molar-refractivity contribution < 1.29 is 9.32 Å². The van der Waals surface area contributed by atoms with Crippen LogP contribution in [0.1, 0.15) is 13.3 Å². The van der Waals surface area contributed by atoms with Crippen LogP contribution in [0.25, 0.3) is 0 Å². The second-order valence-electron chi connectivity index (χ2n) is 3.64. The smallest absolute Gasteiger partial charge is 0.0858 e. The van der Waals surface area contributed by atoms with Crippen LogP contribution in [-0.4, -0.2) is 38.8 Å². The summed E-state index contributed by atoms with van der Waals surface area (Å²) in [6.45, 7) is 7.27. The third kappa shape index (κ3) is 22.6. The van der Waals surface area contributed by atoms with Crippen LogP contribution < -0.4 is 5.90 Å². The molecule has 0 unspecified atom stereocenters. The normalized spacial score (nSPS) is 10.1. The van der Waals surface area contributed by atoms with Crippen molar-refractivity contribution in [2.75, 3.05) is 34.3 Å². The van der Waals surface area contributed by atoms with Gasteiger partial charge in [-0.1, -0.05) is 13.0 Å². The van der Waals surface area contributed by atoms with Crippen molar-refractivity contribution in [2.24, 2.45) is 5.90 Å². The van der Waals surface area contributed by atoms with E-state index in [1.807, 2.05) is 0 Å². The molecule has 0 amide bonds. The van der Waals surface area contributed by atoms with E-state index in [9.17, 15) is 0 Å². The molecule has 0 aliphatic rings. The summed E-state index contributed by atoms with van der Waals surface area (Å²) in [4.78, 5) is 4.07. The van der Waals surface area contributed by atoms with Crippen molar-refractivity contribution in [1.82, 2.24) is 0 Å². The Kier molecular flexibility index (Phi) is 10.3. The SMILES string of the molecule is C=CCON.CCC[N+](C)(C)C. The van der Waals surface area contributed by atoms with Crippen LogP contribution >= 0.6 is 0 Å². The fourth-order valence-corrected chi connectivity index (χ4v) is 0.739. The van der Waals surface area contributed by atoms with Gasteiger partial charge in [-0.2, -0.15) is 0 Å². The van der Waals surface area contributed by atoms with Gasteiger partial charge in [-0.3, -0.25) is 0 Å². The van der Waals surface area contributed by atoms with Gasteiger partial charge < -0.3 is 9.32 Å². The summed E-state index contributed by atoms with van der Waals surface area (Å²) in [6, 6.07) is 0. The fourth-order valence-electron chi connectivity index (χ4n) is 0.739. The predicted octanol–water partition coefficient (Wildman–Crippen LogP) is 1.17. The molecule has 0 aromatic rings. The molecule has 3 heteroatoms. The molecular weight excluding hydrogens is 152 g/mol. The van der Waals surface area contributed by atoms with Crippen molar-refractivity contribution in [1.29, 1.82) is 0 Å². The molecule has 0 fully saturated rings. The molecule has 0 saturated carbocycles. The molecule has 2 N–H and O–H groups in total. The van der Waals surface area contributed by atoms with E-state index in [2.05, 4.69) is 45.4 Å². The Morgan fingerprint density at radius 2 is 1.92 bits per heavy atom. The lowest BCUT2D eigenvalue weighted by atomic mass is 10.4. The number of nitrogens with two attached hydrogens (primary N) is 1. The van der Waals surface area contributed by atoms with Crippen LogP contribution in [-0.2, 0) is 4.84 Å². The summed E-state index contributed by atoms with van der Waals surface area (Å²) < 4.78 is 1.09. The molecule has 12 heavy (non-hydrogen) atoms. The second-order valence-corrected chi connectivity index (χ2v) is 3.64. The van der Waals surface area contributed by atoms with Gasteiger partial charge in [0.1, 0.15) is 0 Å².